The van der Waals surface area contributed by atoms with Gasteiger partial charge in [0.05, 0.1) is 6.54 Å². The van der Waals surface area contributed by atoms with Crippen LogP contribution in [0, 0.1) is 0 Å². The van der Waals surface area contributed by atoms with Gasteiger partial charge in [-0.2, -0.15) is 0 Å². The highest BCUT2D eigenvalue weighted by atomic mass is 16.1. The van der Waals surface area contributed by atoms with Gasteiger partial charge in [0, 0.05) is 6.67 Å². The summed E-state index contributed by atoms with van der Waals surface area (Å²) in [5.41, 5.74) is 5.31. The first-order valence-electron chi connectivity index (χ1n) is 3.12. The number of carbonyl (C=O) groups excluding carboxylic acids is 1. The molecule has 0 aliphatic carbocycles. The third-order valence-corrected chi connectivity index (χ3v) is 1.15. The van der Waals surface area contributed by atoms with Gasteiger partial charge >= 0.3 is 0 Å². The van der Waals surface area contributed by atoms with Crippen LogP contribution in [0.2, 0.25) is 0 Å². The van der Waals surface area contributed by atoms with Crippen LogP contribution in [0.1, 0.15) is 13.8 Å². The number of hydrogen-bond acceptors (Lipinski definition) is 3. The van der Waals surface area contributed by atoms with Crippen LogP contribution < -0.4 is 5.73 Å². The fourth-order valence-electron chi connectivity index (χ4n) is 0.620. The second kappa shape index (κ2) is 4.47. The van der Waals surface area contributed by atoms with Gasteiger partial charge in [-0.3, -0.25) is 9.69 Å². The van der Waals surface area contributed by atoms with Crippen LogP contribution in [-0.4, -0.2) is 30.4 Å². The molecule has 0 aromatic rings. The Morgan fingerprint density at radius 2 is 2.22 bits per heavy atom. The molecule has 0 aromatic heterocycles. The van der Waals surface area contributed by atoms with E-state index in [1.807, 2.05) is 11.8 Å². The van der Waals surface area contributed by atoms with Crippen molar-refractivity contribution in [3.8, 4) is 0 Å². The molecule has 0 bridgehead atoms. The zero-order valence-corrected chi connectivity index (χ0v) is 6.05. The maximum atomic E-state index is 10.5. The van der Waals surface area contributed by atoms with E-state index < -0.39 is 0 Å². The van der Waals surface area contributed by atoms with Crippen LogP contribution in [0.15, 0.2) is 0 Å². The van der Waals surface area contributed by atoms with Crippen molar-refractivity contribution < 1.29 is 4.79 Å². The lowest BCUT2D eigenvalue weighted by molar-refractivity contribution is -0.118. The SMILES string of the molecule is CCN(CN)CC(C)=O. The third kappa shape index (κ3) is 4.12. The Hall–Kier alpha value is -0.410. The normalized spacial score (nSPS) is 10.2. The van der Waals surface area contributed by atoms with Gasteiger partial charge < -0.3 is 5.73 Å². The van der Waals surface area contributed by atoms with Crippen molar-refractivity contribution in [1.82, 2.24) is 4.90 Å². The summed E-state index contributed by atoms with van der Waals surface area (Å²) in [5.74, 6) is 0.169. The van der Waals surface area contributed by atoms with Gasteiger partial charge in [0.2, 0.25) is 0 Å². The molecule has 2 N–H and O–H groups in total. The number of nitrogens with two attached hydrogens (primary N) is 1. The molecular weight excluding hydrogens is 116 g/mol. The zero-order valence-electron chi connectivity index (χ0n) is 6.05. The molecule has 0 amide bonds. The summed E-state index contributed by atoms with van der Waals surface area (Å²) in [7, 11) is 0. The second-order valence-electron chi connectivity index (χ2n) is 2.03. The summed E-state index contributed by atoms with van der Waals surface area (Å²) >= 11 is 0. The molecule has 9 heavy (non-hydrogen) atoms. The largest absolute Gasteiger partial charge is 0.318 e. The lowest BCUT2D eigenvalue weighted by Crippen LogP contribution is -2.33. The quantitative estimate of drug-likeness (QED) is 0.537. The van der Waals surface area contributed by atoms with Gasteiger partial charge in [0.1, 0.15) is 5.78 Å². The van der Waals surface area contributed by atoms with Crippen LogP contribution in [-0.2, 0) is 4.79 Å². The molecule has 0 fully saturated rings. The molecule has 54 valence electrons. The molecule has 0 heterocycles. The van der Waals surface area contributed by atoms with Crippen molar-refractivity contribution in [2.75, 3.05) is 19.8 Å². The van der Waals surface area contributed by atoms with Crippen molar-refractivity contribution in [3.63, 3.8) is 0 Å². The maximum absolute atomic E-state index is 10.5. The predicted molar refractivity (Wildman–Crippen MR) is 37.0 cm³/mol. The minimum absolute atomic E-state index is 0.169. The monoisotopic (exact) mass is 130 g/mol. The molecule has 0 radical (unpaired) electrons. The average molecular weight is 130 g/mol. The fourth-order valence-corrected chi connectivity index (χ4v) is 0.620. The van der Waals surface area contributed by atoms with Crippen molar-refractivity contribution >= 4 is 5.78 Å². The molecule has 0 atom stereocenters. The Bertz CT molecular complexity index is 89.1. The van der Waals surface area contributed by atoms with Gasteiger partial charge in [-0.1, -0.05) is 6.92 Å². The number of rotatable bonds is 4. The first-order valence-corrected chi connectivity index (χ1v) is 3.12. The van der Waals surface area contributed by atoms with E-state index in [1.165, 1.54) is 0 Å². The summed E-state index contributed by atoms with van der Waals surface area (Å²) < 4.78 is 0. The summed E-state index contributed by atoms with van der Waals surface area (Å²) in [4.78, 5) is 12.4. The average Bonchev–Trinajstić information content (AvgIpc) is 1.82. The van der Waals surface area contributed by atoms with E-state index >= 15 is 0 Å². The Balaban J connectivity index is 3.43. The van der Waals surface area contributed by atoms with E-state index in [1.54, 1.807) is 6.92 Å². The van der Waals surface area contributed by atoms with E-state index in [9.17, 15) is 4.79 Å². The highest BCUT2D eigenvalue weighted by Crippen LogP contribution is 1.82. The molecule has 0 aromatic carbocycles. The van der Waals surface area contributed by atoms with Crippen molar-refractivity contribution in [1.29, 1.82) is 0 Å². The number of nitrogens with zero attached hydrogens (tertiary/aromatic N) is 1. The van der Waals surface area contributed by atoms with Gasteiger partial charge in [0.15, 0.2) is 0 Å². The molecule has 0 saturated carbocycles. The molecule has 0 aliphatic rings. The van der Waals surface area contributed by atoms with Gasteiger partial charge in [-0.15, -0.1) is 0 Å². The topological polar surface area (TPSA) is 46.3 Å². The minimum Gasteiger partial charge on any atom is -0.318 e. The molecular formula is C6H14N2O. The van der Waals surface area contributed by atoms with E-state index in [2.05, 4.69) is 0 Å². The maximum Gasteiger partial charge on any atom is 0.143 e. The predicted octanol–water partition coefficient (Wildman–Crippen LogP) is -0.187. The van der Waals surface area contributed by atoms with Crippen molar-refractivity contribution in [3.05, 3.63) is 0 Å². The number of carbonyl (C=O) groups is 1. The van der Waals surface area contributed by atoms with Gasteiger partial charge in [-0.25, -0.2) is 0 Å². The van der Waals surface area contributed by atoms with Crippen molar-refractivity contribution in [2.24, 2.45) is 5.73 Å². The Morgan fingerprint density at radius 3 is 2.33 bits per heavy atom. The summed E-state index contributed by atoms with van der Waals surface area (Å²) in [5, 5.41) is 0. The van der Waals surface area contributed by atoms with E-state index in [-0.39, 0.29) is 5.78 Å². The van der Waals surface area contributed by atoms with Crippen LogP contribution >= 0.6 is 0 Å². The fraction of sp³-hybridized carbons (Fsp3) is 0.833. The van der Waals surface area contributed by atoms with E-state index in [0.717, 1.165) is 6.54 Å². The third-order valence-electron chi connectivity index (χ3n) is 1.15. The number of ketones is 1. The lowest BCUT2D eigenvalue weighted by atomic mass is 10.4. The second-order valence-corrected chi connectivity index (χ2v) is 2.03. The Labute approximate surface area is 55.8 Å². The molecule has 0 rings (SSSR count). The number of likely N-dealkylation sites (N-methyl/N-ethyl adjacent to an activating group) is 1. The number of Topliss-reactive ketones (excluding diaryl/α,β-unsaturated/α-hetero) is 1. The van der Waals surface area contributed by atoms with Crippen LogP contribution in [0.4, 0.5) is 0 Å². The first kappa shape index (κ1) is 8.59. The molecule has 0 unspecified atom stereocenters. The number of hydrogen-bond donors (Lipinski definition) is 1. The van der Waals surface area contributed by atoms with Crippen LogP contribution in [0.25, 0.3) is 0 Å². The first-order chi connectivity index (χ1) is 4.20. The highest BCUT2D eigenvalue weighted by molar-refractivity contribution is 5.77. The summed E-state index contributed by atoms with van der Waals surface area (Å²) in [6.07, 6.45) is 0. The zero-order chi connectivity index (χ0) is 7.28. The van der Waals surface area contributed by atoms with Gasteiger partial charge in [0.25, 0.3) is 0 Å². The van der Waals surface area contributed by atoms with E-state index in [0.29, 0.717) is 13.2 Å². The minimum atomic E-state index is 0.169. The summed E-state index contributed by atoms with van der Waals surface area (Å²) in [6.45, 7) is 5.34. The van der Waals surface area contributed by atoms with E-state index in [4.69, 9.17) is 5.73 Å². The van der Waals surface area contributed by atoms with Crippen LogP contribution in [0.3, 0.4) is 0 Å². The molecule has 0 spiro atoms. The molecule has 3 nitrogen and oxygen atoms in total. The van der Waals surface area contributed by atoms with Gasteiger partial charge in [-0.05, 0) is 13.5 Å². The molecule has 0 aliphatic heterocycles. The Morgan fingerprint density at radius 1 is 1.67 bits per heavy atom. The molecule has 0 saturated heterocycles. The van der Waals surface area contributed by atoms with Crippen LogP contribution in [0.5, 0.6) is 0 Å². The highest BCUT2D eigenvalue weighted by Gasteiger charge is 2.00. The Kier molecular flexibility index (Phi) is 4.26. The standard InChI is InChI=1S/C6H14N2O/c1-3-8(5-7)4-6(2)9/h3-5,7H2,1-2H3. The molecule has 3 heteroatoms. The summed E-state index contributed by atoms with van der Waals surface area (Å²) in [6, 6.07) is 0. The lowest BCUT2D eigenvalue weighted by Gasteiger charge is -2.14. The smallest absolute Gasteiger partial charge is 0.143 e. The van der Waals surface area contributed by atoms with Crippen molar-refractivity contribution in [2.45, 2.75) is 13.8 Å².